The first kappa shape index (κ1) is 11.5. The molecule has 1 heterocycles. The maximum atomic E-state index is 10.7. The van der Waals surface area contributed by atoms with Gasteiger partial charge in [0.25, 0.3) is 0 Å². The largest absolute Gasteiger partial charge is 0.508 e. The van der Waals surface area contributed by atoms with Crippen molar-refractivity contribution >= 4 is 16.9 Å². The Morgan fingerprint density at radius 3 is 3.06 bits per heavy atom. The second-order valence-corrected chi connectivity index (χ2v) is 4.03. The van der Waals surface area contributed by atoms with E-state index in [1.807, 2.05) is 0 Å². The lowest BCUT2D eigenvalue weighted by atomic mass is 10.1. The zero-order chi connectivity index (χ0) is 12.3. The average Bonchev–Trinajstić information content (AvgIpc) is 2.67. The molecule has 90 valence electrons. The van der Waals surface area contributed by atoms with E-state index < -0.39 is 0 Å². The van der Waals surface area contributed by atoms with Crippen molar-refractivity contribution in [3.63, 3.8) is 0 Å². The third kappa shape index (κ3) is 2.78. The number of hydrogen-bond acceptors (Lipinski definition) is 3. The SMILES string of the molecule is CC(=O)NCCCc1coc2ccc(O)cc12. The van der Waals surface area contributed by atoms with Crippen molar-refractivity contribution in [3.8, 4) is 5.75 Å². The highest BCUT2D eigenvalue weighted by Gasteiger charge is 2.06. The number of phenolic OH excluding ortho intramolecular Hbond substituents is 1. The van der Waals surface area contributed by atoms with Crippen molar-refractivity contribution in [3.05, 3.63) is 30.0 Å². The van der Waals surface area contributed by atoms with Crippen LogP contribution in [0.15, 0.2) is 28.9 Å². The molecule has 0 aliphatic carbocycles. The van der Waals surface area contributed by atoms with Crippen LogP contribution >= 0.6 is 0 Å². The minimum atomic E-state index is -0.0142. The number of nitrogens with one attached hydrogen (secondary N) is 1. The molecule has 0 spiro atoms. The molecule has 0 bridgehead atoms. The highest BCUT2D eigenvalue weighted by atomic mass is 16.3. The lowest BCUT2D eigenvalue weighted by Crippen LogP contribution is -2.21. The number of furan rings is 1. The van der Waals surface area contributed by atoms with Gasteiger partial charge in [0.2, 0.25) is 5.91 Å². The number of aromatic hydroxyl groups is 1. The first-order valence-corrected chi connectivity index (χ1v) is 5.60. The smallest absolute Gasteiger partial charge is 0.216 e. The summed E-state index contributed by atoms with van der Waals surface area (Å²) in [6.45, 7) is 2.16. The van der Waals surface area contributed by atoms with Crippen LogP contribution in [0.1, 0.15) is 18.9 Å². The van der Waals surface area contributed by atoms with E-state index in [1.165, 1.54) is 6.92 Å². The molecule has 2 N–H and O–H groups in total. The summed E-state index contributed by atoms with van der Waals surface area (Å²) in [6, 6.07) is 5.06. The maximum Gasteiger partial charge on any atom is 0.216 e. The Labute approximate surface area is 99.2 Å². The van der Waals surface area contributed by atoms with Gasteiger partial charge in [-0.1, -0.05) is 0 Å². The zero-order valence-corrected chi connectivity index (χ0v) is 9.69. The van der Waals surface area contributed by atoms with E-state index in [2.05, 4.69) is 5.32 Å². The Morgan fingerprint density at radius 1 is 1.47 bits per heavy atom. The number of amides is 1. The summed E-state index contributed by atoms with van der Waals surface area (Å²) in [6.07, 6.45) is 3.37. The summed E-state index contributed by atoms with van der Waals surface area (Å²) >= 11 is 0. The van der Waals surface area contributed by atoms with E-state index in [1.54, 1.807) is 24.5 Å². The lowest BCUT2D eigenvalue weighted by molar-refractivity contribution is -0.118. The molecule has 0 unspecified atom stereocenters. The molecule has 1 amide bonds. The summed E-state index contributed by atoms with van der Waals surface area (Å²) in [5.41, 5.74) is 1.83. The first-order valence-electron chi connectivity index (χ1n) is 5.60. The Bertz CT molecular complexity index is 530. The van der Waals surface area contributed by atoms with Gasteiger partial charge in [0.15, 0.2) is 0 Å². The fourth-order valence-corrected chi connectivity index (χ4v) is 1.81. The predicted octanol–water partition coefficient (Wildman–Crippen LogP) is 2.21. The topological polar surface area (TPSA) is 62.5 Å². The summed E-state index contributed by atoms with van der Waals surface area (Å²) in [5.74, 6) is 0.224. The van der Waals surface area contributed by atoms with Crippen LogP contribution < -0.4 is 5.32 Å². The number of fused-ring (bicyclic) bond motifs is 1. The van der Waals surface area contributed by atoms with Gasteiger partial charge in [-0.25, -0.2) is 0 Å². The normalized spacial score (nSPS) is 10.6. The van der Waals surface area contributed by atoms with Crippen molar-refractivity contribution in [2.45, 2.75) is 19.8 Å². The quantitative estimate of drug-likeness (QED) is 0.796. The zero-order valence-electron chi connectivity index (χ0n) is 9.69. The number of hydrogen-bond donors (Lipinski definition) is 2. The van der Waals surface area contributed by atoms with Gasteiger partial charge in [0.05, 0.1) is 6.26 Å². The second kappa shape index (κ2) is 4.91. The molecule has 4 nitrogen and oxygen atoms in total. The van der Waals surface area contributed by atoms with Crippen LogP contribution in [-0.2, 0) is 11.2 Å². The molecular weight excluding hydrogens is 218 g/mol. The van der Waals surface area contributed by atoms with Crippen LogP contribution in [-0.4, -0.2) is 17.6 Å². The molecule has 0 aliphatic rings. The standard InChI is InChI=1S/C13H15NO3/c1-9(15)14-6-2-3-10-8-17-13-5-4-11(16)7-12(10)13/h4-5,7-8,16H,2-3,6H2,1H3,(H,14,15). The minimum Gasteiger partial charge on any atom is -0.508 e. The number of carbonyl (C=O) groups excluding carboxylic acids is 1. The summed E-state index contributed by atoms with van der Waals surface area (Å²) in [4.78, 5) is 10.7. The highest BCUT2D eigenvalue weighted by molar-refractivity contribution is 5.82. The summed E-state index contributed by atoms with van der Waals surface area (Å²) < 4.78 is 5.38. The molecule has 2 rings (SSSR count). The molecule has 0 radical (unpaired) electrons. The highest BCUT2D eigenvalue weighted by Crippen LogP contribution is 2.25. The minimum absolute atomic E-state index is 0.0142. The molecular formula is C13H15NO3. The summed E-state index contributed by atoms with van der Waals surface area (Å²) in [7, 11) is 0. The Hall–Kier alpha value is -1.97. The second-order valence-electron chi connectivity index (χ2n) is 4.03. The average molecular weight is 233 g/mol. The molecule has 0 atom stereocenters. The van der Waals surface area contributed by atoms with Gasteiger partial charge in [-0.3, -0.25) is 4.79 Å². The fourth-order valence-electron chi connectivity index (χ4n) is 1.81. The molecule has 4 heteroatoms. The van der Waals surface area contributed by atoms with E-state index in [9.17, 15) is 9.90 Å². The van der Waals surface area contributed by atoms with Crippen LogP contribution in [0.25, 0.3) is 11.0 Å². The first-order chi connectivity index (χ1) is 8.16. The number of rotatable bonds is 4. The van der Waals surface area contributed by atoms with Gasteiger partial charge in [-0.2, -0.15) is 0 Å². The van der Waals surface area contributed by atoms with E-state index in [4.69, 9.17) is 4.42 Å². The number of aryl methyl sites for hydroxylation is 1. The molecule has 1 aromatic heterocycles. The molecule has 2 aromatic rings. The van der Waals surface area contributed by atoms with Crippen molar-refractivity contribution in [1.82, 2.24) is 5.32 Å². The van der Waals surface area contributed by atoms with Crippen LogP contribution in [0, 0.1) is 0 Å². The van der Waals surface area contributed by atoms with Gasteiger partial charge in [0.1, 0.15) is 11.3 Å². The third-order valence-electron chi connectivity index (χ3n) is 2.63. The predicted molar refractivity (Wildman–Crippen MR) is 64.9 cm³/mol. The van der Waals surface area contributed by atoms with Gasteiger partial charge in [-0.15, -0.1) is 0 Å². The van der Waals surface area contributed by atoms with Crippen LogP contribution in [0.4, 0.5) is 0 Å². The van der Waals surface area contributed by atoms with Gasteiger partial charge >= 0.3 is 0 Å². The molecule has 1 aromatic carbocycles. The number of benzene rings is 1. The van der Waals surface area contributed by atoms with E-state index >= 15 is 0 Å². The van der Waals surface area contributed by atoms with Gasteiger partial charge in [-0.05, 0) is 36.6 Å². The maximum absolute atomic E-state index is 10.7. The Kier molecular flexibility index (Phi) is 3.32. The van der Waals surface area contributed by atoms with Crippen molar-refractivity contribution < 1.29 is 14.3 Å². The molecule has 0 saturated heterocycles. The summed E-state index contributed by atoms with van der Waals surface area (Å²) in [5, 5.41) is 13.1. The van der Waals surface area contributed by atoms with E-state index in [0.717, 1.165) is 29.4 Å². The number of phenols is 1. The molecule has 0 aliphatic heterocycles. The van der Waals surface area contributed by atoms with Crippen molar-refractivity contribution in [1.29, 1.82) is 0 Å². The number of carbonyl (C=O) groups is 1. The van der Waals surface area contributed by atoms with Crippen molar-refractivity contribution in [2.24, 2.45) is 0 Å². The monoisotopic (exact) mass is 233 g/mol. The van der Waals surface area contributed by atoms with Crippen LogP contribution in [0.2, 0.25) is 0 Å². The molecule has 0 fully saturated rings. The van der Waals surface area contributed by atoms with E-state index in [0.29, 0.717) is 6.54 Å². The fraction of sp³-hybridized carbons (Fsp3) is 0.308. The van der Waals surface area contributed by atoms with Crippen LogP contribution in [0.3, 0.4) is 0 Å². The van der Waals surface area contributed by atoms with Gasteiger partial charge < -0.3 is 14.8 Å². The molecule has 0 saturated carbocycles. The third-order valence-corrected chi connectivity index (χ3v) is 2.63. The van der Waals surface area contributed by atoms with Crippen LogP contribution in [0.5, 0.6) is 5.75 Å². The Balaban J connectivity index is 2.03. The molecule has 17 heavy (non-hydrogen) atoms. The Morgan fingerprint density at radius 2 is 2.29 bits per heavy atom. The van der Waals surface area contributed by atoms with E-state index in [-0.39, 0.29) is 11.7 Å². The lowest BCUT2D eigenvalue weighted by Gasteiger charge is -2.01. The van der Waals surface area contributed by atoms with Gasteiger partial charge in [0, 0.05) is 18.9 Å². The van der Waals surface area contributed by atoms with Crippen molar-refractivity contribution in [2.75, 3.05) is 6.54 Å².